The third-order valence-electron chi connectivity index (χ3n) is 4.21. The largest absolute Gasteiger partial charge is 0.326 e. The minimum atomic E-state index is -3.56. The molecule has 2 aromatic rings. The van der Waals surface area contributed by atoms with Crippen molar-refractivity contribution in [3.63, 3.8) is 0 Å². The van der Waals surface area contributed by atoms with E-state index in [0.29, 0.717) is 0 Å². The van der Waals surface area contributed by atoms with Crippen molar-refractivity contribution in [2.75, 3.05) is 5.32 Å². The van der Waals surface area contributed by atoms with Gasteiger partial charge in [0.25, 0.3) is 0 Å². The van der Waals surface area contributed by atoms with Gasteiger partial charge in [-0.3, -0.25) is 4.79 Å². The van der Waals surface area contributed by atoms with Crippen LogP contribution in [0.3, 0.4) is 0 Å². The van der Waals surface area contributed by atoms with Gasteiger partial charge in [0.2, 0.25) is 15.9 Å². The van der Waals surface area contributed by atoms with E-state index in [0.717, 1.165) is 29.7 Å². The normalized spacial score (nSPS) is 15.7. The van der Waals surface area contributed by atoms with Crippen LogP contribution in [-0.4, -0.2) is 14.3 Å². The number of sulfonamides is 1. The van der Waals surface area contributed by atoms with E-state index in [4.69, 9.17) is 0 Å². The molecule has 6 heteroatoms. The first-order valence-electron chi connectivity index (χ1n) is 8.59. The molecule has 5 nitrogen and oxygen atoms in total. The Hall–Kier alpha value is -2.44. The summed E-state index contributed by atoms with van der Waals surface area (Å²) in [5.41, 5.74) is 2.37. The fourth-order valence-electron chi connectivity index (χ4n) is 2.53. The highest BCUT2D eigenvalue weighted by atomic mass is 32.2. The number of nitrogens with one attached hydrogen (secondary N) is 2. The van der Waals surface area contributed by atoms with Gasteiger partial charge in [-0.05, 0) is 49.1 Å². The summed E-state index contributed by atoms with van der Waals surface area (Å²) in [6.45, 7) is 1.78. The molecule has 0 radical (unpaired) electrons. The van der Waals surface area contributed by atoms with Crippen LogP contribution in [0, 0.1) is 5.92 Å². The quantitative estimate of drug-likeness (QED) is 0.780. The highest BCUT2D eigenvalue weighted by Crippen LogP contribution is 2.30. The van der Waals surface area contributed by atoms with E-state index in [1.807, 2.05) is 42.5 Å². The third-order valence-corrected chi connectivity index (χ3v) is 5.38. The Bertz CT molecular complexity index is 886. The average molecular weight is 370 g/mol. The number of anilines is 1. The summed E-state index contributed by atoms with van der Waals surface area (Å²) in [5.74, 6) is 0.203. The standard InChI is InChI=1S/C20H22N2O3S/c1-15(22-26(24,25)14-13-16-5-3-2-4-6-16)17-9-11-19(12-10-17)21-20(23)18-7-8-18/h2-6,9-15,18,22H,7-8H2,1H3,(H,21,23). The molecule has 1 amide bonds. The molecule has 1 fully saturated rings. The molecule has 26 heavy (non-hydrogen) atoms. The van der Waals surface area contributed by atoms with E-state index < -0.39 is 10.0 Å². The monoisotopic (exact) mass is 370 g/mol. The van der Waals surface area contributed by atoms with E-state index in [1.54, 1.807) is 25.1 Å². The van der Waals surface area contributed by atoms with E-state index in [2.05, 4.69) is 10.0 Å². The van der Waals surface area contributed by atoms with Crippen LogP contribution in [0.4, 0.5) is 5.69 Å². The molecule has 0 heterocycles. The predicted octanol–water partition coefficient (Wildman–Crippen LogP) is 3.69. The summed E-state index contributed by atoms with van der Waals surface area (Å²) < 4.78 is 27.1. The van der Waals surface area contributed by atoms with Crippen LogP contribution in [0.5, 0.6) is 0 Å². The lowest BCUT2D eigenvalue weighted by Gasteiger charge is -2.14. The maximum atomic E-state index is 12.2. The number of rotatable bonds is 7. The molecule has 2 aromatic carbocycles. The lowest BCUT2D eigenvalue weighted by atomic mass is 10.1. The Morgan fingerprint density at radius 2 is 1.73 bits per heavy atom. The molecule has 1 saturated carbocycles. The highest BCUT2D eigenvalue weighted by Gasteiger charge is 2.29. The third kappa shape index (κ3) is 5.28. The number of amides is 1. The van der Waals surface area contributed by atoms with Crippen molar-refractivity contribution < 1.29 is 13.2 Å². The van der Waals surface area contributed by atoms with Gasteiger partial charge in [0.05, 0.1) is 0 Å². The van der Waals surface area contributed by atoms with Gasteiger partial charge in [0.1, 0.15) is 0 Å². The van der Waals surface area contributed by atoms with E-state index >= 15 is 0 Å². The minimum Gasteiger partial charge on any atom is -0.326 e. The molecule has 0 aliphatic heterocycles. The van der Waals surface area contributed by atoms with Crippen LogP contribution in [0.25, 0.3) is 6.08 Å². The van der Waals surface area contributed by atoms with E-state index in [1.165, 1.54) is 5.41 Å². The van der Waals surface area contributed by atoms with Crippen molar-refractivity contribution in [2.45, 2.75) is 25.8 Å². The van der Waals surface area contributed by atoms with Gasteiger partial charge in [0, 0.05) is 23.1 Å². The van der Waals surface area contributed by atoms with Crippen LogP contribution in [0.1, 0.15) is 36.9 Å². The summed E-state index contributed by atoms with van der Waals surface area (Å²) >= 11 is 0. The summed E-state index contributed by atoms with van der Waals surface area (Å²) in [4.78, 5) is 11.8. The van der Waals surface area contributed by atoms with Crippen molar-refractivity contribution in [2.24, 2.45) is 5.92 Å². The van der Waals surface area contributed by atoms with Crippen LogP contribution >= 0.6 is 0 Å². The molecule has 0 bridgehead atoms. The SMILES string of the molecule is CC(NS(=O)(=O)C=Cc1ccccc1)c1ccc(NC(=O)C2CC2)cc1. The molecular formula is C20H22N2O3S. The van der Waals surface area contributed by atoms with Crippen molar-refractivity contribution in [3.8, 4) is 0 Å². The van der Waals surface area contributed by atoms with Crippen LogP contribution in [-0.2, 0) is 14.8 Å². The molecular weight excluding hydrogens is 348 g/mol. The van der Waals surface area contributed by atoms with Crippen molar-refractivity contribution in [1.29, 1.82) is 0 Å². The molecule has 0 spiro atoms. The molecule has 2 N–H and O–H groups in total. The fourth-order valence-corrected chi connectivity index (χ4v) is 3.57. The van der Waals surface area contributed by atoms with Gasteiger partial charge in [-0.25, -0.2) is 13.1 Å². The second-order valence-corrected chi connectivity index (χ2v) is 8.08. The molecule has 0 saturated heterocycles. The zero-order valence-electron chi connectivity index (χ0n) is 14.6. The van der Waals surface area contributed by atoms with E-state index in [-0.39, 0.29) is 17.9 Å². The van der Waals surface area contributed by atoms with Crippen molar-refractivity contribution in [1.82, 2.24) is 4.72 Å². The van der Waals surface area contributed by atoms with Gasteiger partial charge in [0.15, 0.2) is 0 Å². The Kier molecular flexibility index (Phi) is 5.54. The first-order valence-corrected chi connectivity index (χ1v) is 10.1. The second kappa shape index (κ2) is 7.85. The zero-order chi connectivity index (χ0) is 18.6. The molecule has 136 valence electrons. The van der Waals surface area contributed by atoms with Crippen LogP contribution in [0.15, 0.2) is 60.0 Å². The number of carbonyl (C=O) groups is 1. The minimum absolute atomic E-state index is 0.0533. The molecule has 1 atom stereocenters. The Balaban J connectivity index is 1.60. The summed E-state index contributed by atoms with van der Waals surface area (Å²) in [6.07, 6.45) is 3.48. The molecule has 1 unspecified atom stereocenters. The lowest BCUT2D eigenvalue weighted by molar-refractivity contribution is -0.117. The Labute approximate surface area is 154 Å². The lowest BCUT2D eigenvalue weighted by Crippen LogP contribution is -2.24. The molecule has 1 aliphatic carbocycles. The average Bonchev–Trinajstić information content (AvgIpc) is 3.46. The van der Waals surface area contributed by atoms with Gasteiger partial charge >= 0.3 is 0 Å². The van der Waals surface area contributed by atoms with Crippen molar-refractivity contribution >= 4 is 27.7 Å². The highest BCUT2D eigenvalue weighted by molar-refractivity contribution is 7.92. The maximum absolute atomic E-state index is 12.2. The zero-order valence-corrected chi connectivity index (χ0v) is 15.4. The number of benzene rings is 2. The second-order valence-electron chi connectivity index (χ2n) is 6.48. The molecule has 1 aliphatic rings. The van der Waals surface area contributed by atoms with Gasteiger partial charge < -0.3 is 5.32 Å². The van der Waals surface area contributed by atoms with Gasteiger partial charge in [-0.2, -0.15) is 0 Å². The number of hydrogen-bond acceptors (Lipinski definition) is 3. The Morgan fingerprint density at radius 3 is 2.35 bits per heavy atom. The molecule has 3 rings (SSSR count). The summed E-state index contributed by atoms with van der Waals surface area (Å²) in [5, 5.41) is 4.04. The van der Waals surface area contributed by atoms with Gasteiger partial charge in [-0.15, -0.1) is 0 Å². The number of carbonyl (C=O) groups excluding carboxylic acids is 1. The Morgan fingerprint density at radius 1 is 1.08 bits per heavy atom. The summed E-state index contributed by atoms with van der Waals surface area (Å²) in [6, 6.07) is 16.1. The van der Waals surface area contributed by atoms with Crippen LogP contribution < -0.4 is 10.0 Å². The molecule has 0 aromatic heterocycles. The first kappa shape index (κ1) is 18.4. The first-order chi connectivity index (χ1) is 12.4. The number of hydrogen-bond donors (Lipinski definition) is 2. The maximum Gasteiger partial charge on any atom is 0.234 e. The van der Waals surface area contributed by atoms with Crippen molar-refractivity contribution in [3.05, 3.63) is 71.1 Å². The smallest absolute Gasteiger partial charge is 0.234 e. The predicted molar refractivity (Wildman–Crippen MR) is 104 cm³/mol. The summed E-state index contributed by atoms with van der Waals surface area (Å²) in [7, 11) is -3.56. The van der Waals surface area contributed by atoms with Gasteiger partial charge in [-0.1, -0.05) is 42.5 Å². The van der Waals surface area contributed by atoms with Crippen LogP contribution in [0.2, 0.25) is 0 Å². The van der Waals surface area contributed by atoms with E-state index in [9.17, 15) is 13.2 Å². The fraction of sp³-hybridized carbons (Fsp3) is 0.250. The topological polar surface area (TPSA) is 75.3 Å².